The van der Waals surface area contributed by atoms with Gasteiger partial charge in [-0.3, -0.25) is 96.3 Å². The summed E-state index contributed by atoms with van der Waals surface area (Å²) < 4.78 is 59.5. The molecule has 0 spiro atoms. The molecule has 0 aromatic rings. The van der Waals surface area contributed by atoms with Crippen molar-refractivity contribution in [3.8, 4) is 0 Å². The van der Waals surface area contributed by atoms with E-state index in [4.69, 9.17) is 79.5 Å². The molecule has 2 aliphatic carbocycles. The predicted molar refractivity (Wildman–Crippen MR) is 448 cm³/mol. The highest BCUT2D eigenvalue weighted by atomic mass is 32.2. The third kappa shape index (κ3) is 53.6. The van der Waals surface area contributed by atoms with Gasteiger partial charge in [0.15, 0.2) is 11.6 Å². The molecule has 38 nitrogen and oxygen atoms in total. The molecule has 2 saturated carbocycles. The maximum absolute atomic E-state index is 12.1. The van der Waals surface area contributed by atoms with Crippen LogP contribution in [-0.4, -0.2) is 355 Å². The normalized spacial score (nSPS) is 18.7. The van der Waals surface area contributed by atoms with Gasteiger partial charge in [0.1, 0.15) is 35.0 Å². The van der Waals surface area contributed by atoms with Crippen LogP contribution in [0.15, 0.2) is 0 Å². The molecule has 40 heteroatoms. The molecule has 0 aromatic carbocycles. The number of unbranched alkanes of at least 4 members (excludes halogenated alkanes) is 4. The topological polar surface area (TPSA) is 535 Å². The highest BCUT2D eigenvalue weighted by molar-refractivity contribution is 8.00. The third-order valence-corrected chi connectivity index (χ3v) is 21.2. The van der Waals surface area contributed by atoms with E-state index >= 15 is 0 Å². The lowest BCUT2D eigenvalue weighted by Gasteiger charge is -2.14. The number of amides is 9. The number of likely N-dealkylation sites (tertiary alicyclic amines) is 4. The van der Waals surface area contributed by atoms with Gasteiger partial charge in [0.25, 0.3) is 5.91 Å². The molecule has 0 bridgehead atoms. The van der Waals surface area contributed by atoms with Crippen molar-refractivity contribution in [2.24, 2.45) is 35.0 Å². The number of ether oxygens (including phenoxy) is 11. The quantitative estimate of drug-likeness (QED) is 0.0287. The number of rotatable bonds is 65. The molecule has 4 unspecified atom stereocenters. The van der Waals surface area contributed by atoms with Crippen LogP contribution in [0.25, 0.3) is 0 Å². The number of nitrogens with two attached hydrogens (primary N) is 3. The van der Waals surface area contributed by atoms with E-state index in [0.29, 0.717) is 210 Å². The van der Waals surface area contributed by atoms with E-state index in [-0.39, 0.29) is 213 Å². The smallest absolute Gasteiger partial charge is 0.303 e. The lowest BCUT2D eigenvalue weighted by Crippen LogP contribution is -2.42. The highest BCUT2D eigenvalue weighted by Crippen LogP contribution is 2.28. The number of Topliss-reactive ketones (excluding diaryl/α,β-unsaturated/α-hetero) is 7. The summed E-state index contributed by atoms with van der Waals surface area (Å²) in [6, 6.07) is -0.775. The zero-order valence-corrected chi connectivity index (χ0v) is 73.9. The zero-order chi connectivity index (χ0) is 90.7. The summed E-state index contributed by atoms with van der Waals surface area (Å²) in [6.07, 6.45) is 8.46. The first-order chi connectivity index (χ1) is 58.7. The molecule has 122 heavy (non-hydrogen) atoms. The monoisotopic (exact) mass is 1780 g/mol. The van der Waals surface area contributed by atoms with E-state index in [1.807, 2.05) is 13.8 Å². The van der Waals surface area contributed by atoms with Gasteiger partial charge >= 0.3 is 5.97 Å². The van der Waals surface area contributed by atoms with Crippen molar-refractivity contribution in [3.05, 3.63) is 0 Å². The average Bonchev–Trinajstić information content (AvgIpc) is 1.69. The number of nitrogens with zero attached hydrogens (tertiary/aromatic N) is 4. The first-order valence-corrected chi connectivity index (χ1v) is 44.6. The van der Waals surface area contributed by atoms with E-state index in [1.54, 1.807) is 13.8 Å². The third-order valence-electron chi connectivity index (χ3n) is 18.5. The molecular formula is C82H138N8O30S2. The molecular weight excluding hydrogens is 1640 g/mol. The fourth-order valence-corrected chi connectivity index (χ4v) is 14.5. The lowest BCUT2D eigenvalue weighted by molar-refractivity contribution is -0.141. The molecule has 698 valence electrons. The van der Waals surface area contributed by atoms with Crippen molar-refractivity contribution < 1.29 is 144 Å². The Morgan fingerprint density at radius 3 is 1.07 bits per heavy atom. The van der Waals surface area contributed by atoms with Crippen molar-refractivity contribution in [1.82, 2.24) is 24.9 Å². The van der Waals surface area contributed by atoms with E-state index in [1.165, 1.54) is 40.2 Å². The Balaban J connectivity index is 0.000000856. The van der Waals surface area contributed by atoms with Crippen LogP contribution in [-0.2, 0) is 134 Å². The maximum Gasteiger partial charge on any atom is 0.303 e. The number of carbonyl (C=O) groups is 17. The number of carboxylic acid groups (broad SMARTS) is 1. The molecule has 6 fully saturated rings. The largest absolute Gasteiger partial charge is 0.481 e. The van der Waals surface area contributed by atoms with Gasteiger partial charge in [-0.1, -0.05) is 40.5 Å². The zero-order valence-electron chi connectivity index (χ0n) is 72.3. The first kappa shape index (κ1) is 113. The number of aliphatic carboxylic acids is 1. The van der Waals surface area contributed by atoms with E-state index in [9.17, 15) is 81.5 Å². The summed E-state index contributed by atoms with van der Waals surface area (Å²) in [4.78, 5) is 199. The van der Waals surface area contributed by atoms with Crippen LogP contribution in [0.1, 0.15) is 176 Å². The van der Waals surface area contributed by atoms with Crippen molar-refractivity contribution in [2.45, 2.75) is 192 Å². The maximum atomic E-state index is 12.1. The summed E-state index contributed by atoms with van der Waals surface area (Å²) in [6.45, 7) is 20.9. The Labute approximate surface area is 725 Å². The van der Waals surface area contributed by atoms with Crippen LogP contribution < -0.4 is 22.5 Å². The molecule has 0 aromatic heterocycles. The second-order valence-electron chi connectivity index (χ2n) is 28.6. The van der Waals surface area contributed by atoms with E-state index in [0.717, 1.165) is 53.4 Å². The van der Waals surface area contributed by atoms with Gasteiger partial charge in [-0.05, 0) is 50.5 Å². The van der Waals surface area contributed by atoms with Gasteiger partial charge in [0, 0.05) is 135 Å². The van der Waals surface area contributed by atoms with Crippen LogP contribution in [0, 0.1) is 17.8 Å². The minimum atomic E-state index is -0.916. The Morgan fingerprint density at radius 2 is 0.730 bits per heavy atom. The Kier molecular flexibility index (Phi) is 67.3. The fourth-order valence-electron chi connectivity index (χ4n) is 12.1. The number of aliphatic hydroxyl groups excluding tert-OH is 1. The molecule has 0 radical (unpaired) electrons. The number of hydrogen-bond acceptors (Lipinski definition) is 34. The van der Waals surface area contributed by atoms with Gasteiger partial charge in [-0.15, -0.1) is 0 Å². The highest BCUT2D eigenvalue weighted by Gasteiger charge is 2.41. The minimum Gasteiger partial charge on any atom is -0.481 e. The lowest BCUT2D eigenvalue weighted by atomic mass is 9.98. The van der Waals surface area contributed by atoms with Crippen LogP contribution in [0.4, 0.5) is 0 Å². The number of nitrogens with one attached hydrogen (secondary N) is 1. The first-order valence-electron chi connectivity index (χ1n) is 42.5. The van der Waals surface area contributed by atoms with Gasteiger partial charge in [-0.25, -0.2) is 0 Å². The second kappa shape index (κ2) is 72.5. The molecule has 6 atom stereocenters. The van der Waals surface area contributed by atoms with Crippen molar-refractivity contribution in [1.29, 1.82) is 0 Å². The number of hydrogen-bond donors (Lipinski definition) is 6. The van der Waals surface area contributed by atoms with Crippen LogP contribution >= 0.6 is 23.5 Å². The molecule has 4 heterocycles. The second-order valence-corrected chi connectivity index (χ2v) is 31.3. The van der Waals surface area contributed by atoms with Gasteiger partial charge in [-0.2, -0.15) is 23.5 Å². The summed E-state index contributed by atoms with van der Waals surface area (Å²) in [7, 11) is 0. The predicted octanol–water partition coefficient (Wildman–Crippen LogP) is 1.76. The van der Waals surface area contributed by atoms with Crippen molar-refractivity contribution in [3.63, 3.8) is 0 Å². The number of ketones is 7. The standard InChI is InChI=1S/C33H61NO15.C18H26N2O5S.C17H25N3O5S.C7H12N2O2.C5H8O3.C2H6/c1-30-29-32(37)34(33(30)38)5-4-31(36)3-2-7-39-9-11-41-13-15-43-17-19-45-21-23-47-25-27-49-28-26-48-24-22-46-20-18-44-16-14-42-12-10-40-8-6-35;19-5-6-20-17(24)9-12(18(20)25)8-13(21)4-2-1-3-7-26-16-11-14(22)10-15(16)23;18-5-6-20-16(24)10-12(17(20)25)19-15(23)4-2-1-3-7-26-14-9-11(21)8-13(14)22;1-5-4-6(10)9(3-2-8)7(5)11;1-4(6)2-3-5(7)8;1-2/h30,35H,2-29H2,1H3;12,16H,1-11,19H2;12,14H,1-10,18H2,(H,19,23);5H,2-4,8H2,1H3;2-3H2,1H3,(H,7,8);1-2H3/t;12-,16?;12-,14?;;;/m.00.../s1. The summed E-state index contributed by atoms with van der Waals surface area (Å²) in [5, 5.41) is 18.8. The van der Waals surface area contributed by atoms with Gasteiger partial charge in [0.05, 0.1) is 187 Å². The van der Waals surface area contributed by atoms with Crippen molar-refractivity contribution in [2.75, 3.05) is 209 Å². The Bertz CT molecular complexity index is 3020. The van der Waals surface area contributed by atoms with Gasteiger partial charge < -0.3 is 89.6 Å². The number of aliphatic hydroxyl groups is 1. The van der Waals surface area contributed by atoms with E-state index in [2.05, 4.69) is 5.32 Å². The molecule has 6 rings (SSSR count). The molecule has 4 aliphatic heterocycles. The summed E-state index contributed by atoms with van der Waals surface area (Å²) >= 11 is 3.05. The molecule has 9 amide bonds. The summed E-state index contributed by atoms with van der Waals surface area (Å²) in [5.74, 6) is -2.20. The Hall–Kier alpha value is -6.71. The van der Waals surface area contributed by atoms with Crippen LogP contribution in [0.5, 0.6) is 0 Å². The number of thioether (sulfide) groups is 2. The molecule has 6 aliphatic rings. The average molecular weight is 1780 g/mol. The van der Waals surface area contributed by atoms with Gasteiger partial charge in [0.2, 0.25) is 47.3 Å². The van der Waals surface area contributed by atoms with E-state index < -0.39 is 17.9 Å². The van der Waals surface area contributed by atoms with Crippen molar-refractivity contribution >= 4 is 123 Å². The van der Waals surface area contributed by atoms with Crippen LogP contribution in [0.3, 0.4) is 0 Å². The molecule has 4 saturated heterocycles. The van der Waals surface area contributed by atoms with Crippen LogP contribution in [0.2, 0.25) is 0 Å². The Morgan fingerprint density at radius 1 is 0.385 bits per heavy atom. The fraction of sp³-hybridized carbons (Fsp3) is 0.793. The SMILES string of the molecule is CC.CC(=O)CCC(=O)O.CC1CC(=O)N(CCC(=O)CCCOCCOCCOCCOCCOCCOCCOCCOCCOCCOCCOCCO)C1=O.CC1CC(=O)N(CCN)C1=O.NCCN1C(=O)C[C@H](CC(=O)CCCCCSC2CC(=O)CC2=O)C1=O.NCCN1C(=O)C[C@H](NC(=O)CCCCCSC2CC(=O)CC2=O)C1=O. The number of imide groups is 4. The summed E-state index contributed by atoms with van der Waals surface area (Å²) in [5.41, 5.74) is 16.0. The molecule has 9 N–H and O–H groups in total. The number of carboxylic acids is 1. The minimum absolute atomic E-state index is 0.00461. The number of carbonyl (C=O) groups excluding carboxylic acids is 16.